The number of hydrogen-bond acceptors (Lipinski definition) is 3. The van der Waals surface area contributed by atoms with Crippen molar-refractivity contribution < 1.29 is 0 Å². The number of rotatable bonds is 7. The zero-order valence-corrected chi connectivity index (χ0v) is 12.1. The van der Waals surface area contributed by atoms with Crippen LogP contribution in [0.15, 0.2) is 16.4 Å². The van der Waals surface area contributed by atoms with Gasteiger partial charge in [-0.25, -0.2) is 4.99 Å². The molecule has 0 fully saturated rings. The van der Waals surface area contributed by atoms with E-state index in [-0.39, 0.29) is 0 Å². The van der Waals surface area contributed by atoms with Crippen LogP contribution in [0.1, 0.15) is 65.7 Å². The van der Waals surface area contributed by atoms with Crippen LogP contribution >= 0.6 is 0 Å². The summed E-state index contributed by atoms with van der Waals surface area (Å²) in [5, 5.41) is 10.8. The minimum atomic E-state index is 0.787. The smallest absolute Gasteiger partial charge is 0.124 e. The van der Waals surface area contributed by atoms with Gasteiger partial charge in [0, 0.05) is 18.0 Å². The van der Waals surface area contributed by atoms with Gasteiger partial charge in [0.1, 0.15) is 5.82 Å². The molecule has 102 valence electrons. The molecule has 1 aliphatic rings. The molecule has 1 rings (SSSR count). The summed E-state index contributed by atoms with van der Waals surface area (Å²) in [4.78, 5) is 4.74. The molecule has 0 radical (unpaired) electrons. The highest BCUT2D eigenvalue weighted by Crippen LogP contribution is 2.19. The van der Waals surface area contributed by atoms with Crippen LogP contribution in [0.4, 0.5) is 0 Å². The zero-order chi connectivity index (χ0) is 13.4. The number of nitrogens with one attached hydrogen (secondary N) is 2. The topological polar surface area (TPSA) is 48.2 Å². The Bertz CT molecular complexity index is 340. The summed E-state index contributed by atoms with van der Waals surface area (Å²) in [6.45, 7) is 7.27. The number of hydrogen-bond donors (Lipinski definition) is 2. The van der Waals surface area contributed by atoms with E-state index in [1.807, 2.05) is 6.92 Å². The van der Waals surface area contributed by atoms with Crippen molar-refractivity contribution >= 4 is 11.4 Å². The van der Waals surface area contributed by atoms with Gasteiger partial charge in [-0.15, -0.1) is 0 Å². The molecular weight excluding hydrogens is 222 g/mol. The highest BCUT2D eigenvalue weighted by molar-refractivity contribution is 5.83. The summed E-state index contributed by atoms with van der Waals surface area (Å²) in [6, 6.07) is 0. The van der Waals surface area contributed by atoms with Crippen LogP contribution in [0.25, 0.3) is 0 Å². The van der Waals surface area contributed by atoms with E-state index in [0.29, 0.717) is 0 Å². The van der Waals surface area contributed by atoms with Crippen molar-refractivity contribution in [1.82, 2.24) is 5.32 Å². The lowest BCUT2D eigenvalue weighted by atomic mass is 10.0. The van der Waals surface area contributed by atoms with E-state index >= 15 is 0 Å². The third-order valence-corrected chi connectivity index (χ3v) is 3.35. The first-order valence-corrected chi connectivity index (χ1v) is 7.17. The van der Waals surface area contributed by atoms with Crippen molar-refractivity contribution in [2.75, 3.05) is 6.54 Å². The van der Waals surface area contributed by atoms with Gasteiger partial charge in [-0.3, -0.25) is 0 Å². The van der Waals surface area contributed by atoms with Gasteiger partial charge >= 0.3 is 0 Å². The van der Waals surface area contributed by atoms with Crippen LogP contribution < -0.4 is 5.32 Å². The molecule has 0 bridgehead atoms. The molecule has 1 heterocycles. The van der Waals surface area contributed by atoms with Gasteiger partial charge in [0.2, 0.25) is 0 Å². The summed E-state index contributed by atoms with van der Waals surface area (Å²) >= 11 is 0. The van der Waals surface area contributed by atoms with Crippen LogP contribution in [0.5, 0.6) is 0 Å². The van der Waals surface area contributed by atoms with E-state index in [4.69, 9.17) is 10.4 Å². The van der Waals surface area contributed by atoms with Crippen LogP contribution in [0.2, 0.25) is 0 Å². The van der Waals surface area contributed by atoms with E-state index < -0.39 is 0 Å². The van der Waals surface area contributed by atoms with E-state index in [0.717, 1.165) is 50.2 Å². The Morgan fingerprint density at radius 1 is 1.28 bits per heavy atom. The van der Waals surface area contributed by atoms with Crippen LogP contribution in [-0.2, 0) is 0 Å². The molecule has 2 N–H and O–H groups in total. The predicted molar refractivity (Wildman–Crippen MR) is 79.5 cm³/mol. The van der Waals surface area contributed by atoms with Gasteiger partial charge in [0.15, 0.2) is 0 Å². The predicted octanol–water partition coefficient (Wildman–Crippen LogP) is 4.05. The summed E-state index contributed by atoms with van der Waals surface area (Å²) in [5.74, 6) is 1.13. The van der Waals surface area contributed by atoms with Gasteiger partial charge in [0.25, 0.3) is 0 Å². The van der Waals surface area contributed by atoms with Gasteiger partial charge in [0.05, 0.1) is 0 Å². The Kier molecular flexibility index (Phi) is 6.69. The maximum absolute atomic E-state index is 7.39. The second kappa shape index (κ2) is 8.06. The SMILES string of the molecule is CCC1=C(/N=C(\C)CCCCC(C)=N)NCCC1. The Balaban J connectivity index is 2.44. The first-order valence-electron chi connectivity index (χ1n) is 7.17. The van der Waals surface area contributed by atoms with Crippen molar-refractivity contribution in [1.29, 1.82) is 5.41 Å². The van der Waals surface area contributed by atoms with E-state index in [1.54, 1.807) is 0 Å². The average molecular weight is 249 g/mol. The van der Waals surface area contributed by atoms with Crippen molar-refractivity contribution in [3.63, 3.8) is 0 Å². The van der Waals surface area contributed by atoms with Gasteiger partial charge in [-0.2, -0.15) is 0 Å². The molecule has 0 aromatic rings. The van der Waals surface area contributed by atoms with E-state index in [2.05, 4.69) is 19.2 Å². The fourth-order valence-corrected chi connectivity index (χ4v) is 2.23. The number of nitrogens with zero attached hydrogens (tertiary/aromatic N) is 1. The van der Waals surface area contributed by atoms with Crippen LogP contribution in [0.3, 0.4) is 0 Å². The molecule has 3 heteroatoms. The molecule has 3 nitrogen and oxygen atoms in total. The van der Waals surface area contributed by atoms with Gasteiger partial charge in [-0.05, 0) is 64.4 Å². The lowest BCUT2D eigenvalue weighted by Gasteiger charge is -2.19. The Morgan fingerprint density at radius 2 is 2.00 bits per heavy atom. The normalized spacial score (nSPS) is 16.7. The second-order valence-corrected chi connectivity index (χ2v) is 5.17. The molecule has 0 unspecified atom stereocenters. The summed E-state index contributed by atoms with van der Waals surface area (Å²) in [5.41, 5.74) is 3.47. The average Bonchev–Trinajstić information content (AvgIpc) is 2.35. The van der Waals surface area contributed by atoms with Crippen molar-refractivity contribution in [3.8, 4) is 0 Å². The van der Waals surface area contributed by atoms with Crippen molar-refractivity contribution in [3.05, 3.63) is 11.4 Å². The molecule has 18 heavy (non-hydrogen) atoms. The molecule has 1 aliphatic heterocycles. The van der Waals surface area contributed by atoms with Gasteiger partial charge in [-0.1, -0.05) is 6.92 Å². The largest absolute Gasteiger partial charge is 0.370 e. The van der Waals surface area contributed by atoms with Gasteiger partial charge < -0.3 is 10.7 Å². The zero-order valence-electron chi connectivity index (χ0n) is 12.1. The third-order valence-electron chi connectivity index (χ3n) is 3.35. The van der Waals surface area contributed by atoms with Crippen LogP contribution in [0, 0.1) is 5.41 Å². The fraction of sp³-hybridized carbons (Fsp3) is 0.733. The molecule has 0 amide bonds. The summed E-state index contributed by atoms with van der Waals surface area (Å²) in [6.07, 6.45) is 7.76. The third kappa shape index (κ3) is 5.48. The van der Waals surface area contributed by atoms with Crippen molar-refractivity contribution in [2.24, 2.45) is 4.99 Å². The summed E-state index contributed by atoms with van der Waals surface area (Å²) in [7, 11) is 0. The molecule has 0 aromatic heterocycles. The van der Waals surface area contributed by atoms with E-state index in [9.17, 15) is 0 Å². The number of allylic oxidation sites excluding steroid dienone is 1. The molecule has 0 saturated carbocycles. The maximum atomic E-state index is 7.39. The quantitative estimate of drug-likeness (QED) is 0.519. The Hall–Kier alpha value is -1.12. The standard InChI is InChI=1S/C15H27N3/c1-4-14-10-7-11-17-15(14)18-13(3)9-6-5-8-12(2)16/h16-17H,4-11H2,1-3H3/b16-12?,18-13+. The molecule has 0 aromatic carbocycles. The highest BCUT2D eigenvalue weighted by atomic mass is 15.0. The minimum absolute atomic E-state index is 0.787. The Labute approximate surface area is 111 Å². The lowest BCUT2D eigenvalue weighted by Crippen LogP contribution is -2.21. The highest BCUT2D eigenvalue weighted by Gasteiger charge is 2.09. The first kappa shape index (κ1) is 14.9. The number of unbranched alkanes of at least 4 members (excludes halogenated alkanes) is 1. The molecule has 0 aliphatic carbocycles. The van der Waals surface area contributed by atoms with Crippen molar-refractivity contribution in [2.45, 2.75) is 65.7 Å². The Morgan fingerprint density at radius 3 is 2.67 bits per heavy atom. The monoisotopic (exact) mass is 249 g/mol. The molecule has 0 saturated heterocycles. The lowest BCUT2D eigenvalue weighted by molar-refractivity contribution is 0.638. The second-order valence-electron chi connectivity index (χ2n) is 5.17. The first-order chi connectivity index (χ1) is 8.63. The summed E-state index contributed by atoms with van der Waals surface area (Å²) < 4.78 is 0. The fourth-order valence-electron chi connectivity index (χ4n) is 2.23. The molecule has 0 atom stereocenters. The van der Waals surface area contributed by atoms with E-state index in [1.165, 1.54) is 24.1 Å². The molecular formula is C15H27N3. The maximum Gasteiger partial charge on any atom is 0.124 e. The van der Waals surface area contributed by atoms with Crippen LogP contribution in [-0.4, -0.2) is 18.0 Å². The molecule has 0 spiro atoms. The number of aliphatic imine (C=N–C) groups is 1. The minimum Gasteiger partial charge on any atom is -0.370 e.